The summed E-state index contributed by atoms with van der Waals surface area (Å²) >= 11 is 0. The van der Waals surface area contributed by atoms with Crippen molar-refractivity contribution in [2.45, 2.75) is 64.2 Å². The van der Waals surface area contributed by atoms with Crippen LogP contribution < -0.4 is 9.47 Å². The molecule has 1 aromatic heterocycles. The predicted octanol–water partition coefficient (Wildman–Crippen LogP) is 4.89. The highest BCUT2D eigenvalue weighted by molar-refractivity contribution is 5.65. The first-order valence-electron chi connectivity index (χ1n) is 9.77. The Morgan fingerprint density at radius 3 is 2.62 bits per heavy atom. The van der Waals surface area contributed by atoms with Crippen LogP contribution in [0.1, 0.15) is 56.7 Å². The predicted molar refractivity (Wildman–Crippen MR) is 101 cm³/mol. The third kappa shape index (κ3) is 3.58. The van der Waals surface area contributed by atoms with Crippen molar-refractivity contribution in [1.82, 2.24) is 9.78 Å². The number of hydrogen-bond donors (Lipinski definition) is 0. The molecule has 5 nitrogen and oxygen atoms in total. The van der Waals surface area contributed by atoms with E-state index in [0.29, 0.717) is 6.04 Å². The van der Waals surface area contributed by atoms with Gasteiger partial charge in [0.15, 0.2) is 17.8 Å². The number of methoxy groups -OCH3 is 1. The lowest BCUT2D eigenvalue weighted by atomic mass is 9.95. The molecule has 0 spiro atoms. The largest absolute Gasteiger partial charge is 0.493 e. The van der Waals surface area contributed by atoms with Crippen molar-refractivity contribution >= 4 is 0 Å². The van der Waals surface area contributed by atoms with E-state index in [1.807, 2.05) is 6.07 Å². The van der Waals surface area contributed by atoms with Crippen molar-refractivity contribution in [2.24, 2.45) is 0 Å². The van der Waals surface area contributed by atoms with E-state index >= 15 is 0 Å². The van der Waals surface area contributed by atoms with Crippen molar-refractivity contribution in [3.63, 3.8) is 0 Å². The van der Waals surface area contributed by atoms with Crippen molar-refractivity contribution in [2.75, 3.05) is 13.7 Å². The molecule has 2 heterocycles. The van der Waals surface area contributed by atoms with Gasteiger partial charge < -0.3 is 14.2 Å². The minimum atomic E-state index is -0.177. The van der Waals surface area contributed by atoms with Gasteiger partial charge in [0.25, 0.3) is 0 Å². The molecule has 4 rings (SSSR count). The van der Waals surface area contributed by atoms with Gasteiger partial charge in [-0.05, 0) is 50.5 Å². The molecule has 140 valence electrons. The lowest BCUT2D eigenvalue weighted by molar-refractivity contribution is -0.0402. The lowest BCUT2D eigenvalue weighted by Crippen LogP contribution is -2.16. The second-order valence-electron chi connectivity index (χ2n) is 7.33. The van der Waals surface area contributed by atoms with Gasteiger partial charge in [0.05, 0.1) is 31.1 Å². The van der Waals surface area contributed by atoms with Crippen LogP contribution in [-0.2, 0) is 4.74 Å². The first-order chi connectivity index (χ1) is 12.7. The van der Waals surface area contributed by atoms with Crippen LogP contribution >= 0.6 is 0 Å². The number of aryl methyl sites for hydroxylation is 1. The highest BCUT2D eigenvalue weighted by atomic mass is 16.7. The Morgan fingerprint density at radius 1 is 1.04 bits per heavy atom. The van der Waals surface area contributed by atoms with Crippen molar-refractivity contribution in [3.05, 3.63) is 30.0 Å². The molecule has 5 heteroatoms. The van der Waals surface area contributed by atoms with E-state index in [9.17, 15) is 0 Å². The summed E-state index contributed by atoms with van der Waals surface area (Å²) < 4.78 is 19.4. The molecule has 1 saturated carbocycles. The van der Waals surface area contributed by atoms with Gasteiger partial charge in [-0.3, -0.25) is 4.68 Å². The molecule has 1 unspecified atom stereocenters. The maximum absolute atomic E-state index is 6.07. The Labute approximate surface area is 155 Å². The van der Waals surface area contributed by atoms with Gasteiger partial charge in [0.1, 0.15) is 0 Å². The van der Waals surface area contributed by atoms with E-state index in [2.05, 4.69) is 29.8 Å². The number of nitrogens with zero attached hydrogens (tertiary/aromatic N) is 2. The van der Waals surface area contributed by atoms with Gasteiger partial charge in [-0.2, -0.15) is 5.10 Å². The number of rotatable bonds is 5. The van der Waals surface area contributed by atoms with Crippen LogP contribution in [0.3, 0.4) is 0 Å². The molecule has 1 aliphatic heterocycles. The zero-order valence-electron chi connectivity index (χ0n) is 15.7. The normalized spacial score (nSPS) is 21.1. The van der Waals surface area contributed by atoms with E-state index < -0.39 is 0 Å². The zero-order valence-corrected chi connectivity index (χ0v) is 15.7. The molecular weight excluding hydrogens is 328 g/mol. The monoisotopic (exact) mass is 356 g/mol. The van der Waals surface area contributed by atoms with Crippen LogP contribution in [0.2, 0.25) is 0 Å². The van der Waals surface area contributed by atoms with Crippen molar-refractivity contribution in [3.8, 4) is 22.8 Å². The molecule has 0 radical (unpaired) electrons. The molecule has 0 bridgehead atoms. The Morgan fingerprint density at radius 2 is 1.88 bits per heavy atom. The first-order valence-corrected chi connectivity index (χ1v) is 9.77. The summed E-state index contributed by atoms with van der Waals surface area (Å²) in [5.41, 5.74) is 3.34. The number of benzene rings is 1. The van der Waals surface area contributed by atoms with E-state index in [1.54, 1.807) is 7.11 Å². The molecule has 0 N–H and O–H groups in total. The van der Waals surface area contributed by atoms with Gasteiger partial charge in [0.2, 0.25) is 0 Å². The van der Waals surface area contributed by atoms with Crippen LogP contribution in [0.4, 0.5) is 0 Å². The molecule has 1 aliphatic carbocycles. The summed E-state index contributed by atoms with van der Waals surface area (Å²) in [6.07, 6.45) is 8.13. The molecule has 2 aromatic rings. The third-order valence-corrected chi connectivity index (χ3v) is 5.38. The Balaban J connectivity index is 1.66. The van der Waals surface area contributed by atoms with E-state index in [-0.39, 0.29) is 6.29 Å². The van der Waals surface area contributed by atoms with Crippen LogP contribution in [0.25, 0.3) is 11.3 Å². The fourth-order valence-corrected chi connectivity index (χ4v) is 4.05. The molecule has 2 aliphatic rings. The Hall–Kier alpha value is -2.01. The van der Waals surface area contributed by atoms with Crippen molar-refractivity contribution < 1.29 is 14.2 Å². The van der Waals surface area contributed by atoms with Crippen LogP contribution in [0.15, 0.2) is 24.3 Å². The van der Waals surface area contributed by atoms with Gasteiger partial charge in [-0.1, -0.05) is 19.3 Å². The second-order valence-corrected chi connectivity index (χ2v) is 7.33. The number of aromatic nitrogens is 2. The molecule has 2 fully saturated rings. The fourth-order valence-electron chi connectivity index (χ4n) is 4.05. The maximum Gasteiger partial charge on any atom is 0.200 e. The number of ether oxygens (including phenoxy) is 3. The topological polar surface area (TPSA) is 45.5 Å². The molecule has 1 saturated heterocycles. The summed E-state index contributed by atoms with van der Waals surface area (Å²) in [5, 5.41) is 4.81. The summed E-state index contributed by atoms with van der Waals surface area (Å²) in [6, 6.07) is 8.81. The molecule has 1 aromatic carbocycles. The summed E-state index contributed by atoms with van der Waals surface area (Å²) in [5.74, 6) is 1.48. The smallest absolute Gasteiger partial charge is 0.200 e. The quantitative estimate of drug-likeness (QED) is 0.765. The van der Waals surface area contributed by atoms with Crippen LogP contribution in [-0.4, -0.2) is 29.8 Å². The summed E-state index contributed by atoms with van der Waals surface area (Å²) in [7, 11) is 1.67. The average Bonchev–Trinajstić information content (AvgIpc) is 3.32. The second kappa shape index (κ2) is 7.70. The van der Waals surface area contributed by atoms with Crippen LogP contribution in [0, 0.1) is 6.92 Å². The number of hydrogen-bond acceptors (Lipinski definition) is 4. The zero-order chi connectivity index (χ0) is 17.9. The fraction of sp³-hybridized carbons (Fsp3) is 0.571. The molecule has 1 atom stereocenters. The van der Waals surface area contributed by atoms with Crippen LogP contribution in [0.5, 0.6) is 11.5 Å². The standard InChI is InChI=1S/C21H28N2O3/c1-15-13-18(23(22-15)17-7-4-3-5-8-17)16-10-11-19(24-2)20(14-16)26-21-9-6-12-25-21/h10-11,13-14,17,21H,3-9,12H2,1-2H3. The highest BCUT2D eigenvalue weighted by Crippen LogP contribution is 2.37. The van der Waals surface area contributed by atoms with Crippen molar-refractivity contribution in [1.29, 1.82) is 0 Å². The van der Waals surface area contributed by atoms with Gasteiger partial charge >= 0.3 is 0 Å². The third-order valence-electron chi connectivity index (χ3n) is 5.38. The molecular formula is C21H28N2O3. The maximum atomic E-state index is 6.07. The average molecular weight is 356 g/mol. The minimum Gasteiger partial charge on any atom is -0.493 e. The lowest BCUT2D eigenvalue weighted by Gasteiger charge is -2.24. The van der Waals surface area contributed by atoms with Gasteiger partial charge in [-0.15, -0.1) is 0 Å². The van der Waals surface area contributed by atoms with E-state index in [1.165, 1.54) is 32.1 Å². The Kier molecular flexibility index (Phi) is 5.16. The highest BCUT2D eigenvalue weighted by Gasteiger charge is 2.22. The molecule has 26 heavy (non-hydrogen) atoms. The summed E-state index contributed by atoms with van der Waals surface area (Å²) in [6.45, 7) is 2.83. The van der Waals surface area contributed by atoms with E-state index in [0.717, 1.165) is 47.9 Å². The molecule has 0 amide bonds. The van der Waals surface area contributed by atoms with Gasteiger partial charge in [-0.25, -0.2) is 0 Å². The minimum absolute atomic E-state index is 0.177. The Bertz CT molecular complexity index is 744. The first kappa shape index (κ1) is 17.4. The van der Waals surface area contributed by atoms with E-state index in [4.69, 9.17) is 19.3 Å². The summed E-state index contributed by atoms with van der Waals surface area (Å²) in [4.78, 5) is 0. The SMILES string of the molecule is COc1ccc(-c2cc(C)nn2C2CCCCC2)cc1OC1CCCO1. The van der Waals surface area contributed by atoms with Gasteiger partial charge in [0, 0.05) is 12.0 Å².